The van der Waals surface area contributed by atoms with Gasteiger partial charge >= 0.3 is 5.97 Å². The van der Waals surface area contributed by atoms with Crippen molar-refractivity contribution in [3.63, 3.8) is 0 Å². The minimum Gasteiger partial charge on any atom is -0.493 e. The number of carboxylic acid groups (broad SMARTS) is 1. The molecule has 23 heavy (non-hydrogen) atoms. The number of hydrogen-bond acceptors (Lipinski definition) is 5. The molecule has 7 heteroatoms. The Morgan fingerprint density at radius 1 is 1.26 bits per heavy atom. The molecule has 2 atom stereocenters. The van der Waals surface area contributed by atoms with Crippen LogP contribution in [0.5, 0.6) is 11.5 Å². The van der Waals surface area contributed by atoms with Crippen molar-refractivity contribution in [1.29, 1.82) is 0 Å². The first kappa shape index (κ1) is 17.1. The number of ether oxygens (including phenoxy) is 3. The number of amides is 1. The number of carboxylic acids is 1. The van der Waals surface area contributed by atoms with Crippen molar-refractivity contribution >= 4 is 11.9 Å². The summed E-state index contributed by atoms with van der Waals surface area (Å²) in [5.41, 5.74) is 0.346. The standard InChI is InChI=1S/C16H21NO6/c1-21-11-7-10(8-14(18)19)17(9-11)16(20)12-5-4-6-13(22-2)15(12)23-3/h4-6,10-11H,7-9H2,1-3H3,(H,18,19). The van der Waals surface area contributed by atoms with E-state index in [1.54, 1.807) is 30.2 Å². The van der Waals surface area contributed by atoms with Gasteiger partial charge in [0.05, 0.1) is 32.3 Å². The lowest BCUT2D eigenvalue weighted by Crippen LogP contribution is -2.37. The summed E-state index contributed by atoms with van der Waals surface area (Å²) in [4.78, 5) is 25.5. The largest absolute Gasteiger partial charge is 0.493 e. The van der Waals surface area contributed by atoms with Gasteiger partial charge in [0, 0.05) is 19.7 Å². The van der Waals surface area contributed by atoms with Gasteiger partial charge < -0.3 is 24.2 Å². The molecule has 0 spiro atoms. The number of hydrogen-bond donors (Lipinski definition) is 1. The maximum Gasteiger partial charge on any atom is 0.305 e. The first-order valence-electron chi connectivity index (χ1n) is 7.28. The Morgan fingerprint density at radius 3 is 2.57 bits per heavy atom. The Kier molecular flexibility index (Phi) is 5.44. The molecule has 1 aliphatic heterocycles. The van der Waals surface area contributed by atoms with Crippen molar-refractivity contribution in [2.45, 2.75) is 25.0 Å². The fourth-order valence-electron chi connectivity index (χ4n) is 2.90. The molecular formula is C16H21NO6. The quantitative estimate of drug-likeness (QED) is 0.852. The highest BCUT2D eigenvalue weighted by atomic mass is 16.5. The van der Waals surface area contributed by atoms with E-state index in [1.165, 1.54) is 14.2 Å². The maximum absolute atomic E-state index is 12.9. The predicted molar refractivity (Wildman–Crippen MR) is 82.0 cm³/mol. The molecule has 0 radical (unpaired) electrons. The normalized spacial score (nSPS) is 20.4. The molecule has 1 aromatic carbocycles. The lowest BCUT2D eigenvalue weighted by molar-refractivity contribution is -0.137. The van der Waals surface area contributed by atoms with E-state index < -0.39 is 12.0 Å². The molecule has 1 N–H and O–H groups in total. The predicted octanol–water partition coefficient (Wildman–Crippen LogP) is 1.41. The van der Waals surface area contributed by atoms with Crippen molar-refractivity contribution in [3.05, 3.63) is 23.8 Å². The number of methoxy groups -OCH3 is 3. The second-order valence-electron chi connectivity index (χ2n) is 5.34. The van der Waals surface area contributed by atoms with Gasteiger partial charge in [-0.15, -0.1) is 0 Å². The fraction of sp³-hybridized carbons (Fsp3) is 0.500. The van der Waals surface area contributed by atoms with Crippen LogP contribution < -0.4 is 9.47 Å². The van der Waals surface area contributed by atoms with Crippen molar-refractivity contribution in [2.24, 2.45) is 0 Å². The molecule has 0 aliphatic carbocycles. The third-order valence-corrected chi connectivity index (χ3v) is 4.01. The molecule has 1 saturated heterocycles. The summed E-state index contributed by atoms with van der Waals surface area (Å²) < 4.78 is 15.8. The molecule has 1 heterocycles. The van der Waals surface area contributed by atoms with Crippen LogP contribution >= 0.6 is 0 Å². The molecule has 2 unspecified atom stereocenters. The number of aliphatic carboxylic acids is 1. The first-order valence-corrected chi connectivity index (χ1v) is 7.28. The molecule has 2 rings (SSSR count). The number of benzene rings is 1. The van der Waals surface area contributed by atoms with Crippen LogP contribution in [0.25, 0.3) is 0 Å². The minimum absolute atomic E-state index is 0.113. The molecule has 1 aliphatic rings. The van der Waals surface area contributed by atoms with Crippen LogP contribution in [0.15, 0.2) is 18.2 Å². The van der Waals surface area contributed by atoms with Gasteiger partial charge in [0.2, 0.25) is 0 Å². The number of para-hydroxylation sites is 1. The highest BCUT2D eigenvalue weighted by Crippen LogP contribution is 2.33. The summed E-state index contributed by atoms with van der Waals surface area (Å²) >= 11 is 0. The Labute approximate surface area is 134 Å². The van der Waals surface area contributed by atoms with E-state index in [2.05, 4.69) is 0 Å². The van der Waals surface area contributed by atoms with E-state index >= 15 is 0 Å². The average Bonchev–Trinajstić information content (AvgIpc) is 2.95. The second kappa shape index (κ2) is 7.32. The van der Waals surface area contributed by atoms with Gasteiger partial charge in [0.25, 0.3) is 5.91 Å². The van der Waals surface area contributed by atoms with Crippen molar-refractivity contribution in [2.75, 3.05) is 27.9 Å². The molecular weight excluding hydrogens is 302 g/mol. The third kappa shape index (κ3) is 3.56. The first-order chi connectivity index (χ1) is 11.0. The zero-order chi connectivity index (χ0) is 17.0. The Balaban J connectivity index is 2.32. The van der Waals surface area contributed by atoms with Gasteiger partial charge in [-0.05, 0) is 18.6 Å². The van der Waals surface area contributed by atoms with Crippen LogP contribution in [0.1, 0.15) is 23.2 Å². The van der Waals surface area contributed by atoms with Crippen LogP contribution in [0.3, 0.4) is 0 Å². The van der Waals surface area contributed by atoms with Gasteiger partial charge in [-0.3, -0.25) is 9.59 Å². The van der Waals surface area contributed by atoms with Gasteiger partial charge in [-0.25, -0.2) is 0 Å². The Bertz CT molecular complexity index is 588. The summed E-state index contributed by atoms with van der Waals surface area (Å²) in [6.45, 7) is 0.355. The van der Waals surface area contributed by atoms with E-state index in [1.807, 2.05) is 0 Å². The zero-order valence-corrected chi connectivity index (χ0v) is 13.4. The van der Waals surface area contributed by atoms with Crippen LogP contribution in [0.2, 0.25) is 0 Å². The molecule has 7 nitrogen and oxygen atoms in total. The Hall–Kier alpha value is -2.28. The third-order valence-electron chi connectivity index (χ3n) is 4.01. The van der Waals surface area contributed by atoms with Crippen LogP contribution in [0.4, 0.5) is 0 Å². The highest BCUT2D eigenvalue weighted by Gasteiger charge is 2.38. The summed E-state index contributed by atoms with van der Waals surface area (Å²) in [7, 11) is 4.52. The smallest absolute Gasteiger partial charge is 0.305 e. The maximum atomic E-state index is 12.9. The molecule has 1 aromatic rings. The number of carbonyl (C=O) groups excluding carboxylic acids is 1. The van der Waals surface area contributed by atoms with Crippen molar-refractivity contribution < 1.29 is 28.9 Å². The lowest BCUT2D eigenvalue weighted by Gasteiger charge is -2.24. The summed E-state index contributed by atoms with van der Waals surface area (Å²) in [5.74, 6) is -0.431. The summed E-state index contributed by atoms with van der Waals surface area (Å²) in [6, 6.07) is 4.64. The molecule has 0 aromatic heterocycles. The van der Waals surface area contributed by atoms with Crippen molar-refractivity contribution in [1.82, 2.24) is 4.90 Å². The van der Waals surface area contributed by atoms with E-state index in [0.29, 0.717) is 30.0 Å². The molecule has 126 valence electrons. The van der Waals surface area contributed by atoms with E-state index in [9.17, 15) is 9.59 Å². The summed E-state index contributed by atoms with van der Waals surface area (Å²) in [6.07, 6.45) is 0.221. The lowest BCUT2D eigenvalue weighted by atomic mass is 10.1. The number of carbonyl (C=O) groups is 2. The zero-order valence-electron chi connectivity index (χ0n) is 13.4. The Morgan fingerprint density at radius 2 is 2.00 bits per heavy atom. The van der Waals surface area contributed by atoms with Crippen LogP contribution in [-0.4, -0.2) is 61.9 Å². The second-order valence-corrected chi connectivity index (χ2v) is 5.34. The SMILES string of the molecule is COc1cccc(C(=O)N2CC(OC)CC2CC(=O)O)c1OC. The summed E-state index contributed by atoms with van der Waals surface area (Å²) in [5, 5.41) is 9.06. The highest BCUT2D eigenvalue weighted by molar-refractivity contribution is 5.98. The topological polar surface area (TPSA) is 85.3 Å². The van der Waals surface area contributed by atoms with Crippen LogP contribution in [-0.2, 0) is 9.53 Å². The monoisotopic (exact) mass is 323 g/mol. The van der Waals surface area contributed by atoms with Gasteiger partial charge in [0.1, 0.15) is 0 Å². The van der Waals surface area contributed by atoms with Gasteiger partial charge in [0.15, 0.2) is 11.5 Å². The van der Waals surface area contributed by atoms with Crippen LogP contribution in [0, 0.1) is 0 Å². The number of nitrogens with zero attached hydrogens (tertiary/aromatic N) is 1. The van der Waals surface area contributed by atoms with E-state index in [0.717, 1.165) is 0 Å². The van der Waals surface area contributed by atoms with Crippen molar-refractivity contribution in [3.8, 4) is 11.5 Å². The average molecular weight is 323 g/mol. The number of rotatable bonds is 6. The fourth-order valence-corrected chi connectivity index (χ4v) is 2.90. The van der Waals surface area contributed by atoms with E-state index in [4.69, 9.17) is 19.3 Å². The minimum atomic E-state index is -0.942. The van der Waals surface area contributed by atoms with E-state index in [-0.39, 0.29) is 18.4 Å². The van der Waals surface area contributed by atoms with Gasteiger partial charge in [-0.1, -0.05) is 6.07 Å². The molecule has 1 fully saturated rings. The molecule has 0 bridgehead atoms. The number of likely N-dealkylation sites (tertiary alicyclic amines) is 1. The molecule has 1 amide bonds. The van der Waals surface area contributed by atoms with Gasteiger partial charge in [-0.2, -0.15) is 0 Å². The molecule has 0 saturated carbocycles.